The van der Waals surface area contributed by atoms with Crippen LogP contribution in [0.4, 0.5) is 0 Å². The first kappa shape index (κ1) is 21.4. The number of aryl methyl sites for hydroxylation is 1. The molecule has 0 spiro atoms. The van der Waals surface area contributed by atoms with E-state index in [1.54, 1.807) is 11.8 Å². The number of piperazine rings is 1. The van der Waals surface area contributed by atoms with Crippen molar-refractivity contribution in [3.05, 3.63) is 59.7 Å². The van der Waals surface area contributed by atoms with Crippen LogP contribution in [0.3, 0.4) is 0 Å². The number of hydrogen-bond acceptors (Lipinski definition) is 5. The first-order valence-electron chi connectivity index (χ1n) is 10.7. The van der Waals surface area contributed by atoms with Crippen LogP contribution in [0.25, 0.3) is 11.0 Å². The predicted molar refractivity (Wildman–Crippen MR) is 124 cm³/mol. The van der Waals surface area contributed by atoms with E-state index in [4.69, 9.17) is 10.2 Å². The fraction of sp³-hybridized carbons (Fsp3) is 0.375. The van der Waals surface area contributed by atoms with E-state index < -0.39 is 0 Å². The third kappa shape index (κ3) is 5.09. The maximum atomic E-state index is 12.8. The summed E-state index contributed by atoms with van der Waals surface area (Å²) in [7, 11) is 0. The number of benzene rings is 2. The Balaban J connectivity index is 1.30. The first-order valence-corrected chi connectivity index (χ1v) is 11.7. The number of hydrogen-bond donors (Lipinski definition) is 0. The Morgan fingerprint density at radius 3 is 2.55 bits per heavy atom. The molecule has 2 aromatic carbocycles. The summed E-state index contributed by atoms with van der Waals surface area (Å²) < 4.78 is 2.23. The number of imidazole rings is 1. The fourth-order valence-corrected chi connectivity index (χ4v) is 4.86. The molecule has 0 unspecified atom stereocenters. The summed E-state index contributed by atoms with van der Waals surface area (Å²) >= 11 is 1.54. The monoisotopic (exact) mass is 433 g/mol. The Morgan fingerprint density at radius 2 is 1.84 bits per heavy atom. The molecule has 3 aromatic rings. The van der Waals surface area contributed by atoms with E-state index >= 15 is 0 Å². The molecular weight excluding hydrogens is 406 g/mol. The molecular formula is C24H27N5OS. The van der Waals surface area contributed by atoms with Crippen molar-refractivity contribution in [3.8, 4) is 6.07 Å². The highest BCUT2D eigenvalue weighted by Gasteiger charge is 2.22. The van der Waals surface area contributed by atoms with Crippen molar-refractivity contribution in [3.63, 3.8) is 0 Å². The Labute approximate surface area is 187 Å². The topological polar surface area (TPSA) is 65.2 Å². The maximum Gasteiger partial charge on any atom is 0.233 e. The van der Waals surface area contributed by atoms with Gasteiger partial charge in [-0.1, -0.05) is 43.0 Å². The number of fused-ring (bicyclic) bond motifs is 1. The lowest BCUT2D eigenvalue weighted by Crippen LogP contribution is -2.48. The summed E-state index contributed by atoms with van der Waals surface area (Å²) in [4.78, 5) is 21.9. The minimum Gasteiger partial charge on any atom is -0.339 e. The Bertz CT molecular complexity index is 1080. The smallest absolute Gasteiger partial charge is 0.233 e. The second-order valence-corrected chi connectivity index (χ2v) is 8.73. The van der Waals surface area contributed by atoms with Gasteiger partial charge in [-0.2, -0.15) is 5.26 Å². The summed E-state index contributed by atoms with van der Waals surface area (Å²) in [6.45, 7) is 7.15. The molecule has 1 aliphatic heterocycles. The Hall–Kier alpha value is -2.82. The van der Waals surface area contributed by atoms with Crippen molar-refractivity contribution in [1.82, 2.24) is 19.4 Å². The highest BCUT2D eigenvalue weighted by molar-refractivity contribution is 7.99. The van der Waals surface area contributed by atoms with E-state index in [2.05, 4.69) is 28.5 Å². The molecule has 0 saturated carbocycles. The predicted octanol–water partition coefficient (Wildman–Crippen LogP) is 3.75. The highest BCUT2D eigenvalue weighted by atomic mass is 32.2. The van der Waals surface area contributed by atoms with E-state index in [-0.39, 0.29) is 5.91 Å². The molecule has 7 heteroatoms. The number of para-hydroxylation sites is 2. The minimum atomic E-state index is 0.179. The summed E-state index contributed by atoms with van der Waals surface area (Å²) in [6.07, 6.45) is 1.03. The van der Waals surface area contributed by atoms with E-state index in [1.807, 2.05) is 47.4 Å². The van der Waals surface area contributed by atoms with Gasteiger partial charge in [0.2, 0.25) is 5.91 Å². The molecule has 6 nitrogen and oxygen atoms in total. The molecule has 0 aliphatic carbocycles. The van der Waals surface area contributed by atoms with Gasteiger partial charge in [-0.05, 0) is 36.2 Å². The van der Waals surface area contributed by atoms with Gasteiger partial charge >= 0.3 is 0 Å². The van der Waals surface area contributed by atoms with Crippen molar-refractivity contribution in [1.29, 1.82) is 5.26 Å². The molecule has 0 radical (unpaired) electrons. The lowest BCUT2D eigenvalue weighted by atomic mass is 10.1. The quantitative estimate of drug-likeness (QED) is 0.531. The van der Waals surface area contributed by atoms with Gasteiger partial charge in [0.05, 0.1) is 28.4 Å². The van der Waals surface area contributed by atoms with Gasteiger partial charge in [0.25, 0.3) is 0 Å². The molecule has 1 amide bonds. The summed E-state index contributed by atoms with van der Waals surface area (Å²) in [6, 6.07) is 18.0. The van der Waals surface area contributed by atoms with Crippen LogP contribution in [0, 0.1) is 11.3 Å². The largest absolute Gasteiger partial charge is 0.339 e. The molecule has 0 bridgehead atoms. The summed E-state index contributed by atoms with van der Waals surface area (Å²) in [5.74, 6) is 0.598. The van der Waals surface area contributed by atoms with Crippen LogP contribution in [0.15, 0.2) is 53.7 Å². The van der Waals surface area contributed by atoms with Gasteiger partial charge in [0.1, 0.15) is 0 Å². The molecule has 4 rings (SSSR count). The standard InChI is InChI=1S/C24H27N5OS/c1-2-11-29-22-6-4-3-5-21(22)26-24(29)31-18-23(30)28-14-12-27(13-15-28)17-20-9-7-19(16-25)8-10-20/h3-10H,2,11-15,17-18H2,1H3. The Kier molecular flexibility index (Phi) is 6.90. The minimum absolute atomic E-state index is 0.179. The van der Waals surface area contributed by atoms with Crippen LogP contribution in [0.5, 0.6) is 0 Å². The summed E-state index contributed by atoms with van der Waals surface area (Å²) in [5.41, 5.74) is 4.01. The molecule has 31 heavy (non-hydrogen) atoms. The zero-order chi connectivity index (χ0) is 21.6. The molecule has 0 N–H and O–H groups in total. The third-order valence-electron chi connectivity index (χ3n) is 5.61. The van der Waals surface area contributed by atoms with E-state index in [9.17, 15) is 4.79 Å². The van der Waals surface area contributed by atoms with Crippen LogP contribution in [-0.4, -0.2) is 57.2 Å². The highest BCUT2D eigenvalue weighted by Crippen LogP contribution is 2.25. The zero-order valence-corrected chi connectivity index (χ0v) is 18.6. The number of amides is 1. The number of carbonyl (C=O) groups is 1. The van der Waals surface area contributed by atoms with Gasteiger partial charge in [-0.15, -0.1) is 0 Å². The Morgan fingerprint density at radius 1 is 1.10 bits per heavy atom. The number of carbonyl (C=O) groups excluding carboxylic acids is 1. The maximum absolute atomic E-state index is 12.8. The number of rotatable bonds is 7. The van der Waals surface area contributed by atoms with Crippen molar-refractivity contribution < 1.29 is 4.79 Å². The number of nitrogens with zero attached hydrogens (tertiary/aromatic N) is 5. The molecule has 1 fully saturated rings. The lowest BCUT2D eigenvalue weighted by Gasteiger charge is -2.34. The molecule has 1 aliphatic rings. The van der Waals surface area contributed by atoms with E-state index in [1.165, 1.54) is 5.56 Å². The fourth-order valence-electron chi connectivity index (χ4n) is 3.92. The van der Waals surface area contributed by atoms with Crippen molar-refractivity contribution in [2.24, 2.45) is 0 Å². The van der Waals surface area contributed by atoms with Gasteiger partial charge in [0, 0.05) is 39.3 Å². The lowest BCUT2D eigenvalue weighted by molar-refractivity contribution is -0.130. The number of thioether (sulfide) groups is 1. The first-order chi connectivity index (χ1) is 15.2. The van der Waals surface area contributed by atoms with Gasteiger partial charge in [-0.3, -0.25) is 9.69 Å². The average molecular weight is 434 g/mol. The van der Waals surface area contributed by atoms with Crippen molar-refractivity contribution >= 4 is 28.7 Å². The van der Waals surface area contributed by atoms with Gasteiger partial charge in [-0.25, -0.2) is 4.98 Å². The van der Waals surface area contributed by atoms with Gasteiger partial charge < -0.3 is 9.47 Å². The van der Waals surface area contributed by atoms with E-state index in [0.717, 1.165) is 61.9 Å². The van der Waals surface area contributed by atoms with Crippen molar-refractivity contribution in [2.45, 2.75) is 31.6 Å². The molecule has 1 aromatic heterocycles. The second-order valence-electron chi connectivity index (χ2n) is 7.79. The van der Waals surface area contributed by atoms with Crippen LogP contribution in [-0.2, 0) is 17.9 Å². The normalized spacial score (nSPS) is 14.6. The zero-order valence-electron chi connectivity index (χ0n) is 17.8. The van der Waals surface area contributed by atoms with Crippen LogP contribution < -0.4 is 0 Å². The molecule has 160 valence electrons. The number of aromatic nitrogens is 2. The number of nitriles is 1. The third-order valence-corrected chi connectivity index (χ3v) is 6.57. The van der Waals surface area contributed by atoms with Gasteiger partial charge in [0.15, 0.2) is 5.16 Å². The average Bonchev–Trinajstić information content (AvgIpc) is 3.16. The van der Waals surface area contributed by atoms with E-state index in [0.29, 0.717) is 11.3 Å². The van der Waals surface area contributed by atoms with Crippen LogP contribution >= 0.6 is 11.8 Å². The molecule has 0 atom stereocenters. The second kappa shape index (κ2) is 9.99. The summed E-state index contributed by atoms with van der Waals surface area (Å²) in [5, 5.41) is 9.85. The van der Waals surface area contributed by atoms with Crippen LogP contribution in [0.2, 0.25) is 0 Å². The molecule has 2 heterocycles. The molecule has 1 saturated heterocycles. The SMILES string of the molecule is CCCn1c(SCC(=O)N2CCN(Cc3ccc(C#N)cc3)CC2)nc2ccccc21. The van der Waals surface area contributed by atoms with Crippen LogP contribution in [0.1, 0.15) is 24.5 Å². The van der Waals surface area contributed by atoms with Crippen molar-refractivity contribution in [2.75, 3.05) is 31.9 Å².